The second-order valence-corrected chi connectivity index (χ2v) is 8.16. The Morgan fingerprint density at radius 3 is 2.47 bits per heavy atom. The summed E-state index contributed by atoms with van der Waals surface area (Å²) in [7, 11) is 2.17. The molecule has 1 aliphatic heterocycles. The lowest BCUT2D eigenvalue weighted by molar-refractivity contribution is 0.148. The number of rotatable bonds is 10. The van der Waals surface area contributed by atoms with Crippen molar-refractivity contribution in [1.29, 1.82) is 0 Å². The van der Waals surface area contributed by atoms with Crippen LogP contribution in [-0.4, -0.2) is 77.1 Å². The molecular weight excluding hydrogens is 404 g/mol. The van der Waals surface area contributed by atoms with Crippen LogP contribution in [0.25, 0.3) is 5.69 Å². The Bertz CT molecular complexity index is 1010. The lowest BCUT2D eigenvalue weighted by Crippen LogP contribution is -2.43. The van der Waals surface area contributed by atoms with Gasteiger partial charge in [0.2, 0.25) is 0 Å². The Kier molecular flexibility index (Phi) is 7.71. The van der Waals surface area contributed by atoms with Gasteiger partial charge in [-0.2, -0.15) is 5.10 Å². The molecule has 1 saturated heterocycles. The van der Waals surface area contributed by atoms with Crippen molar-refractivity contribution >= 4 is 0 Å². The highest BCUT2D eigenvalue weighted by molar-refractivity contribution is 5.34. The number of likely N-dealkylation sites (N-methyl/N-ethyl adjacent to an activating group) is 1. The zero-order chi connectivity index (χ0) is 22.2. The van der Waals surface area contributed by atoms with Crippen LogP contribution >= 0.6 is 0 Å². The van der Waals surface area contributed by atoms with Gasteiger partial charge in [0, 0.05) is 45.8 Å². The van der Waals surface area contributed by atoms with Crippen LogP contribution in [-0.2, 0) is 13.1 Å². The predicted molar refractivity (Wildman–Crippen MR) is 125 cm³/mol. The average Bonchev–Trinajstić information content (AvgIpc) is 3.19. The normalized spacial score (nSPS) is 15.2. The van der Waals surface area contributed by atoms with E-state index in [1.807, 2.05) is 42.5 Å². The van der Waals surface area contributed by atoms with Gasteiger partial charge in [0.05, 0.1) is 12.2 Å². The van der Waals surface area contributed by atoms with E-state index >= 15 is 0 Å². The number of benzene rings is 2. The monoisotopic (exact) mass is 436 g/mol. The van der Waals surface area contributed by atoms with E-state index in [4.69, 9.17) is 4.74 Å². The average molecular weight is 437 g/mol. The topological polar surface area (TPSA) is 67.6 Å². The van der Waals surface area contributed by atoms with E-state index in [9.17, 15) is 4.79 Å². The van der Waals surface area contributed by atoms with Crippen molar-refractivity contribution in [3.63, 3.8) is 0 Å². The Labute approximate surface area is 189 Å². The maximum Gasteiger partial charge on any atom is 0.350 e. The summed E-state index contributed by atoms with van der Waals surface area (Å²) in [6.07, 6.45) is 1.59. The van der Waals surface area contributed by atoms with Crippen molar-refractivity contribution in [3.8, 4) is 11.4 Å². The predicted octanol–water partition coefficient (Wildman–Crippen LogP) is 1.45. The van der Waals surface area contributed by atoms with E-state index in [0.29, 0.717) is 26.2 Å². The number of nitrogens with one attached hydrogen (secondary N) is 1. The van der Waals surface area contributed by atoms with Crippen LogP contribution in [0.5, 0.6) is 5.75 Å². The number of nitrogens with zero attached hydrogens (tertiary/aromatic N) is 5. The zero-order valence-corrected chi connectivity index (χ0v) is 18.7. The van der Waals surface area contributed by atoms with Gasteiger partial charge in [0.15, 0.2) is 0 Å². The lowest BCUT2D eigenvalue weighted by Gasteiger charge is -2.32. The van der Waals surface area contributed by atoms with E-state index in [2.05, 4.69) is 39.4 Å². The number of piperazine rings is 1. The zero-order valence-electron chi connectivity index (χ0n) is 18.7. The van der Waals surface area contributed by atoms with E-state index in [1.54, 1.807) is 10.9 Å². The fourth-order valence-electron chi connectivity index (χ4n) is 3.76. The number of hydrogen-bond acceptors (Lipinski definition) is 6. The quantitative estimate of drug-likeness (QED) is 0.486. The van der Waals surface area contributed by atoms with Crippen LogP contribution < -0.4 is 15.7 Å². The third-order valence-electron chi connectivity index (χ3n) is 5.74. The smallest absolute Gasteiger partial charge is 0.350 e. The molecule has 1 aliphatic rings. The van der Waals surface area contributed by atoms with Gasteiger partial charge in [-0.15, -0.1) is 0 Å². The highest BCUT2D eigenvalue weighted by Crippen LogP contribution is 2.11. The van der Waals surface area contributed by atoms with Gasteiger partial charge in [-0.05, 0) is 36.9 Å². The Balaban J connectivity index is 1.23. The minimum Gasteiger partial charge on any atom is -0.492 e. The van der Waals surface area contributed by atoms with Crippen LogP contribution in [0.4, 0.5) is 0 Å². The van der Waals surface area contributed by atoms with Crippen LogP contribution in [0.1, 0.15) is 5.56 Å². The Morgan fingerprint density at radius 2 is 1.72 bits per heavy atom. The molecular formula is C24H32N6O2. The molecule has 0 aliphatic carbocycles. The van der Waals surface area contributed by atoms with Crippen LogP contribution in [0.2, 0.25) is 0 Å². The molecule has 1 fully saturated rings. The fraction of sp³-hybridized carbons (Fsp3) is 0.417. The fourth-order valence-corrected chi connectivity index (χ4v) is 3.76. The van der Waals surface area contributed by atoms with Crippen molar-refractivity contribution in [3.05, 3.63) is 77.0 Å². The van der Waals surface area contributed by atoms with Gasteiger partial charge in [-0.25, -0.2) is 14.0 Å². The minimum atomic E-state index is -0.126. The summed E-state index contributed by atoms with van der Waals surface area (Å²) in [4.78, 5) is 17.5. The second-order valence-electron chi connectivity index (χ2n) is 8.16. The van der Waals surface area contributed by atoms with E-state index in [0.717, 1.165) is 44.2 Å². The molecule has 0 atom stereocenters. The molecule has 0 bridgehead atoms. The second kappa shape index (κ2) is 11.1. The first-order valence-corrected chi connectivity index (χ1v) is 11.2. The summed E-state index contributed by atoms with van der Waals surface area (Å²) in [5.74, 6) is 0.860. The maximum atomic E-state index is 12.7. The van der Waals surface area contributed by atoms with Gasteiger partial charge < -0.3 is 15.0 Å². The van der Waals surface area contributed by atoms with Crippen molar-refractivity contribution < 1.29 is 4.74 Å². The highest BCUT2D eigenvalue weighted by Gasteiger charge is 2.14. The third kappa shape index (κ3) is 6.06. The standard InChI is InChI=1S/C24H32N6O2/c1-27-14-16-28(17-15-27)19-21-7-9-22(10-8-21)29-20-26-30(24(29)31)13-11-25-12-18-32-23-5-3-2-4-6-23/h2-10,20,25H,11-19H2,1H3. The first-order chi connectivity index (χ1) is 15.7. The summed E-state index contributed by atoms with van der Waals surface area (Å²) in [5, 5.41) is 7.55. The summed E-state index contributed by atoms with van der Waals surface area (Å²) < 4.78 is 8.73. The third-order valence-corrected chi connectivity index (χ3v) is 5.74. The van der Waals surface area contributed by atoms with E-state index < -0.39 is 0 Å². The Morgan fingerprint density at radius 1 is 0.969 bits per heavy atom. The highest BCUT2D eigenvalue weighted by atomic mass is 16.5. The summed E-state index contributed by atoms with van der Waals surface area (Å²) >= 11 is 0. The van der Waals surface area contributed by atoms with Crippen LogP contribution in [0.3, 0.4) is 0 Å². The van der Waals surface area contributed by atoms with Crippen LogP contribution in [0.15, 0.2) is 65.7 Å². The van der Waals surface area contributed by atoms with Gasteiger partial charge in [0.25, 0.3) is 0 Å². The molecule has 0 amide bonds. The molecule has 3 aromatic rings. The molecule has 8 heteroatoms. The van der Waals surface area contributed by atoms with Crippen molar-refractivity contribution in [2.45, 2.75) is 13.1 Å². The summed E-state index contributed by atoms with van der Waals surface area (Å²) in [6, 6.07) is 17.9. The number of aromatic nitrogens is 3. The van der Waals surface area contributed by atoms with Gasteiger partial charge in [-0.1, -0.05) is 30.3 Å². The summed E-state index contributed by atoms with van der Waals surface area (Å²) in [6.45, 7) is 7.81. The first kappa shape index (κ1) is 22.3. The Hall–Kier alpha value is -2.94. The molecule has 0 saturated carbocycles. The molecule has 0 spiro atoms. The molecule has 1 aromatic heterocycles. The van der Waals surface area contributed by atoms with Crippen molar-refractivity contribution in [1.82, 2.24) is 29.5 Å². The SMILES string of the molecule is CN1CCN(Cc2ccc(-n3cnn(CCNCCOc4ccccc4)c3=O)cc2)CC1. The van der Waals surface area contributed by atoms with Crippen molar-refractivity contribution in [2.75, 3.05) is 52.9 Å². The number of hydrogen-bond donors (Lipinski definition) is 1. The first-order valence-electron chi connectivity index (χ1n) is 11.2. The van der Waals surface area contributed by atoms with Gasteiger partial charge >= 0.3 is 5.69 Å². The molecule has 8 nitrogen and oxygen atoms in total. The van der Waals surface area contributed by atoms with E-state index in [1.165, 1.54) is 10.2 Å². The molecule has 0 unspecified atom stereocenters. The molecule has 4 rings (SSSR count). The molecule has 2 heterocycles. The number of ether oxygens (including phenoxy) is 1. The van der Waals surface area contributed by atoms with Crippen molar-refractivity contribution in [2.24, 2.45) is 0 Å². The summed E-state index contributed by atoms with van der Waals surface area (Å²) in [5.41, 5.74) is 1.98. The van der Waals surface area contributed by atoms with Gasteiger partial charge in [-0.3, -0.25) is 4.90 Å². The lowest BCUT2D eigenvalue weighted by atomic mass is 10.2. The molecule has 170 valence electrons. The molecule has 1 N–H and O–H groups in total. The molecule has 32 heavy (non-hydrogen) atoms. The molecule has 0 radical (unpaired) electrons. The van der Waals surface area contributed by atoms with Crippen LogP contribution in [0, 0.1) is 0 Å². The van der Waals surface area contributed by atoms with E-state index in [-0.39, 0.29) is 5.69 Å². The molecule has 2 aromatic carbocycles. The number of para-hydroxylation sites is 1. The largest absolute Gasteiger partial charge is 0.492 e. The maximum absolute atomic E-state index is 12.7. The minimum absolute atomic E-state index is 0.126. The van der Waals surface area contributed by atoms with Gasteiger partial charge in [0.1, 0.15) is 18.7 Å².